The largest absolute Gasteiger partial charge is 0.365 e. The van der Waals surface area contributed by atoms with Gasteiger partial charge in [0.15, 0.2) is 11.5 Å². The van der Waals surface area contributed by atoms with Crippen LogP contribution in [0.2, 0.25) is 5.02 Å². The molecule has 3 N–H and O–H groups in total. The minimum atomic E-state index is -1.72. The van der Waals surface area contributed by atoms with Crippen molar-refractivity contribution in [1.29, 1.82) is 5.26 Å². The Morgan fingerprint density at radius 1 is 1.29 bits per heavy atom. The number of amides is 2. The van der Waals surface area contributed by atoms with E-state index in [0.29, 0.717) is 42.4 Å². The molecule has 1 atom stereocenters. The molecule has 0 saturated carbocycles. The standard InChI is InChI=1S/C22H19ClN8O3/c23-14-1-2-16-13(7-14)9-27-31(16)17-11-26-19-18(28-17)15(10-25-19)20(32)29-21(33)22(34)30-5-3-12(8-24)4-6-30/h1-2,7,9-12,21,33H,3-6H2,(H,25,26)(H,29,32)/t21-/m1/s1. The van der Waals surface area contributed by atoms with Gasteiger partial charge in [0.1, 0.15) is 5.52 Å². The lowest BCUT2D eigenvalue weighted by atomic mass is 9.98. The summed E-state index contributed by atoms with van der Waals surface area (Å²) < 4.78 is 1.58. The number of carbonyl (C=O) groups is 2. The molecule has 0 spiro atoms. The average molecular weight is 479 g/mol. The first-order chi connectivity index (χ1) is 16.4. The number of aromatic amines is 1. The number of benzene rings is 1. The molecular formula is C22H19ClN8O3. The Kier molecular flexibility index (Phi) is 5.61. The zero-order chi connectivity index (χ0) is 23.8. The Hall–Kier alpha value is -4.01. The molecule has 4 heterocycles. The van der Waals surface area contributed by atoms with E-state index in [4.69, 9.17) is 16.9 Å². The van der Waals surface area contributed by atoms with E-state index in [0.717, 1.165) is 10.9 Å². The predicted octanol–water partition coefficient (Wildman–Crippen LogP) is 1.76. The van der Waals surface area contributed by atoms with E-state index in [1.54, 1.807) is 23.0 Å². The fraction of sp³-hybridized carbons (Fsp3) is 0.273. The fourth-order valence-electron chi connectivity index (χ4n) is 4.01. The molecule has 1 saturated heterocycles. The van der Waals surface area contributed by atoms with Crippen LogP contribution >= 0.6 is 11.6 Å². The Bertz CT molecular complexity index is 1450. The zero-order valence-electron chi connectivity index (χ0n) is 17.8. The maximum atomic E-state index is 12.9. The van der Waals surface area contributed by atoms with Gasteiger partial charge in [-0.2, -0.15) is 10.4 Å². The van der Waals surface area contributed by atoms with Crippen LogP contribution in [-0.2, 0) is 4.79 Å². The zero-order valence-corrected chi connectivity index (χ0v) is 18.5. The van der Waals surface area contributed by atoms with Crippen LogP contribution in [0.15, 0.2) is 36.8 Å². The lowest BCUT2D eigenvalue weighted by Crippen LogP contribution is -2.50. The number of hydrogen-bond acceptors (Lipinski definition) is 7. The maximum absolute atomic E-state index is 12.9. The number of nitrogens with one attached hydrogen (secondary N) is 2. The SMILES string of the molecule is N#CC1CCN(C(=O)[C@@H](O)NC(=O)c2c[nH]c3ncc(-n4ncc5cc(Cl)ccc54)nc23)CC1. The summed E-state index contributed by atoms with van der Waals surface area (Å²) in [6.45, 7) is 0.712. The summed E-state index contributed by atoms with van der Waals surface area (Å²) in [5.41, 5.74) is 1.52. The summed E-state index contributed by atoms with van der Waals surface area (Å²) in [6.07, 6.45) is 3.95. The number of hydrogen-bond donors (Lipinski definition) is 3. The first-order valence-electron chi connectivity index (χ1n) is 10.6. The predicted molar refractivity (Wildman–Crippen MR) is 122 cm³/mol. The molecule has 172 valence electrons. The van der Waals surface area contributed by atoms with Crippen molar-refractivity contribution < 1.29 is 14.7 Å². The summed E-state index contributed by atoms with van der Waals surface area (Å²) in [6, 6.07) is 7.52. The first-order valence-corrected chi connectivity index (χ1v) is 11.0. The number of rotatable bonds is 4. The number of fused-ring (bicyclic) bond motifs is 2. The van der Waals surface area contributed by atoms with Gasteiger partial charge < -0.3 is 20.3 Å². The van der Waals surface area contributed by atoms with Crippen molar-refractivity contribution in [2.24, 2.45) is 5.92 Å². The molecule has 1 aromatic carbocycles. The van der Waals surface area contributed by atoms with E-state index < -0.39 is 18.0 Å². The van der Waals surface area contributed by atoms with Gasteiger partial charge in [-0.05, 0) is 31.0 Å². The van der Waals surface area contributed by atoms with Gasteiger partial charge in [-0.1, -0.05) is 11.6 Å². The molecule has 1 fully saturated rings. The molecule has 0 radical (unpaired) electrons. The van der Waals surface area contributed by atoms with E-state index in [1.165, 1.54) is 17.3 Å². The smallest absolute Gasteiger partial charge is 0.272 e. The maximum Gasteiger partial charge on any atom is 0.272 e. The van der Waals surface area contributed by atoms with Gasteiger partial charge in [0, 0.05) is 35.6 Å². The summed E-state index contributed by atoms with van der Waals surface area (Å²) in [7, 11) is 0. The summed E-state index contributed by atoms with van der Waals surface area (Å²) in [4.78, 5) is 38.6. The number of carbonyl (C=O) groups excluding carboxylic acids is 2. The highest BCUT2D eigenvalue weighted by atomic mass is 35.5. The molecule has 11 nitrogen and oxygen atoms in total. The quantitative estimate of drug-likeness (QED) is 0.378. The van der Waals surface area contributed by atoms with Crippen molar-refractivity contribution in [3.63, 3.8) is 0 Å². The van der Waals surface area contributed by atoms with Crippen LogP contribution in [0.3, 0.4) is 0 Å². The third-order valence-corrected chi connectivity index (χ3v) is 6.09. The highest BCUT2D eigenvalue weighted by molar-refractivity contribution is 6.31. The van der Waals surface area contributed by atoms with E-state index in [2.05, 4.69) is 31.4 Å². The molecule has 3 aromatic heterocycles. The summed E-state index contributed by atoms with van der Waals surface area (Å²) in [5.74, 6) is -1.00. The van der Waals surface area contributed by atoms with Crippen LogP contribution in [-0.4, -0.2) is 65.9 Å². The van der Waals surface area contributed by atoms with E-state index in [1.807, 2.05) is 6.07 Å². The van der Waals surface area contributed by atoms with Gasteiger partial charge in [0.2, 0.25) is 6.23 Å². The van der Waals surface area contributed by atoms with Crippen LogP contribution in [0.4, 0.5) is 0 Å². The summed E-state index contributed by atoms with van der Waals surface area (Å²) >= 11 is 6.05. The van der Waals surface area contributed by atoms with E-state index >= 15 is 0 Å². The Balaban J connectivity index is 1.37. The minimum absolute atomic E-state index is 0.0985. The number of likely N-dealkylation sites (tertiary alicyclic amines) is 1. The third-order valence-electron chi connectivity index (χ3n) is 5.85. The minimum Gasteiger partial charge on any atom is -0.365 e. The second kappa shape index (κ2) is 8.74. The van der Waals surface area contributed by atoms with Crippen LogP contribution < -0.4 is 5.32 Å². The van der Waals surface area contributed by atoms with Crippen LogP contribution in [0, 0.1) is 17.2 Å². The van der Waals surface area contributed by atoms with Crippen molar-refractivity contribution in [3.05, 3.63) is 47.4 Å². The number of nitrogens with zero attached hydrogens (tertiary/aromatic N) is 6. The third kappa shape index (κ3) is 3.93. The average Bonchev–Trinajstić information content (AvgIpc) is 3.47. The monoisotopic (exact) mass is 478 g/mol. The highest BCUT2D eigenvalue weighted by Crippen LogP contribution is 2.23. The number of aliphatic hydroxyl groups is 1. The Morgan fingerprint density at radius 3 is 2.85 bits per heavy atom. The number of aliphatic hydroxyl groups excluding tert-OH is 1. The molecule has 1 aliphatic rings. The highest BCUT2D eigenvalue weighted by Gasteiger charge is 2.29. The normalized spacial score (nSPS) is 15.4. The lowest BCUT2D eigenvalue weighted by molar-refractivity contribution is -0.142. The number of H-pyrrole nitrogens is 1. The molecule has 0 unspecified atom stereocenters. The number of nitriles is 1. The van der Waals surface area contributed by atoms with Crippen LogP contribution in [0.25, 0.3) is 27.9 Å². The van der Waals surface area contributed by atoms with Gasteiger partial charge in [0.25, 0.3) is 11.8 Å². The lowest BCUT2D eigenvalue weighted by Gasteiger charge is -2.30. The van der Waals surface area contributed by atoms with Crippen molar-refractivity contribution in [2.45, 2.75) is 19.1 Å². The van der Waals surface area contributed by atoms with E-state index in [-0.39, 0.29) is 17.0 Å². The Morgan fingerprint density at radius 2 is 2.09 bits per heavy atom. The second-order valence-corrected chi connectivity index (χ2v) is 8.43. The van der Waals surface area contributed by atoms with Gasteiger partial charge in [-0.25, -0.2) is 14.6 Å². The van der Waals surface area contributed by atoms with Crippen molar-refractivity contribution in [2.75, 3.05) is 13.1 Å². The molecule has 2 amide bonds. The fourth-order valence-corrected chi connectivity index (χ4v) is 4.19. The summed E-state index contributed by atoms with van der Waals surface area (Å²) in [5, 5.41) is 27.4. The molecule has 1 aliphatic heterocycles. The number of halogens is 1. The van der Waals surface area contributed by atoms with Crippen LogP contribution in [0.5, 0.6) is 0 Å². The first kappa shape index (κ1) is 21.8. The van der Waals surface area contributed by atoms with Gasteiger partial charge in [0.05, 0.1) is 29.5 Å². The molecular weight excluding hydrogens is 460 g/mol. The molecule has 12 heteroatoms. The molecule has 5 rings (SSSR count). The van der Waals surface area contributed by atoms with E-state index in [9.17, 15) is 14.7 Å². The topological polar surface area (TPSA) is 153 Å². The van der Waals surface area contributed by atoms with Gasteiger partial charge in [-0.15, -0.1) is 0 Å². The Labute approximate surface area is 198 Å². The second-order valence-electron chi connectivity index (χ2n) is 7.99. The van der Waals surface area contributed by atoms with Crippen molar-refractivity contribution >= 4 is 45.5 Å². The number of aromatic nitrogens is 5. The number of piperidine rings is 1. The van der Waals surface area contributed by atoms with Gasteiger partial charge >= 0.3 is 0 Å². The molecule has 34 heavy (non-hydrogen) atoms. The van der Waals surface area contributed by atoms with Crippen LogP contribution in [0.1, 0.15) is 23.2 Å². The van der Waals surface area contributed by atoms with Crippen molar-refractivity contribution in [1.82, 2.24) is 34.9 Å². The molecule has 4 aromatic rings. The van der Waals surface area contributed by atoms with Gasteiger partial charge in [-0.3, -0.25) is 9.59 Å². The van der Waals surface area contributed by atoms with Crippen molar-refractivity contribution in [3.8, 4) is 11.9 Å². The molecule has 0 bridgehead atoms. The molecule has 0 aliphatic carbocycles.